The Kier molecular flexibility index (Phi) is 3.14. The lowest BCUT2D eigenvalue weighted by Crippen LogP contribution is -2.09. The van der Waals surface area contributed by atoms with Gasteiger partial charge in [-0.05, 0) is 36.0 Å². The van der Waals surface area contributed by atoms with Gasteiger partial charge in [-0.3, -0.25) is 0 Å². The van der Waals surface area contributed by atoms with Crippen molar-refractivity contribution in [2.45, 2.75) is 26.7 Å². The number of nitrogens with one attached hydrogen (secondary N) is 1. The molecule has 1 N–H and O–H groups in total. The SMILES string of the molecule is CC(C)C(C#N)Cc1ccc2c(c1)CCN2. The Morgan fingerprint density at radius 1 is 1.44 bits per heavy atom. The summed E-state index contributed by atoms with van der Waals surface area (Å²) in [7, 11) is 0. The summed E-state index contributed by atoms with van der Waals surface area (Å²) in [6.07, 6.45) is 1.99. The van der Waals surface area contributed by atoms with E-state index in [1.165, 1.54) is 16.8 Å². The molecule has 0 saturated carbocycles. The smallest absolute Gasteiger partial charge is 0.0661 e. The minimum Gasteiger partial charge on any atom is -0.384 e. The summed E-state index contributed by atoms with van der Waals surface area (Å²) in [5.41, 5.74) is 3.96. The summed E-state index contributed by atoms with van der Waals surface area (Å²) in [4.78, 5) is 0. The normalized spacial score (nSPS) is 15.4. The zero-order valence-electron chi connectivity index (χ0n) is 9.96. The number of nitrogens with zero attached hydrogens (tertiary/aromatic N) is 1. The molecule has 2 rings (SSSR count). The number of fused-ring (bicyclic) bond motifs is 1. The van der Waals surface area contributed by atoms with Crippen molar-refractivity contribution in [2.24, 2.45) is 11.8 Å². The van der Waals surface area contributed by atoms with Crippen LogP contribution in [0.4, 0.5) is 5.69 Å². The second-order valence-electron chi connectivity index (χ2n) is 4.85. The van der Waals surface area contributed by atoms with E-state index in [1.807, 2.05) is 0 Å². The molecule has 2 heteroatoms. The Bertz CT molecular complexity index is 415. The molecule has 0 aromatic heterocycles. The van der Waals surface area contributed by atoms with Gasteiger partial charge in [0.05, 0.1) is 12.0 Å². The van der Waals surface area contributed by atoms with Crippen molar-refractivity contribution in [3.63, 3.8) is 0 Å². The van der Waals surface area contributed by atoms with Crippen LogP contribution in [0.15, 0.2) is 18.2 Å². The van der Waals surface area contributed by atoms with E-state index in [9.17, 15) is 0 Å². The topological polar surface area (TPSA) is 35.8 Å². The molecule has 2 nitrogen and oxygen atoms in total. The van der Waals surface area contributed by atoms with Crippen LogP contribution in [0.1, 0.15) is 25.0 Å². The van der Waals surface area contributed by atoms with E-state index in [4.69, 9.17) is 5.26 Å². The highest BCUT2D eigenvalue weighted by Crippen LogP contribution is 2.25. The Balaban J connectivity index is 2.14. The number of nitriles is 1. The van der Waals surface area contributed by atoms with Crippen molar-refractivity contribution in [3.8, 4) is 6.07 Å². The van der Waals surface area contributed by atoms with Gasteiger partial charge in [0.2, 0.25) is 0 Å². The number of anilines is 1. The van der Waals surface area contributed by atoms with Crippen molar-refractivity contribution >= 4 is 5.69 Å². The molecule has 1 aliphatic heterocycles. The molecule has 1 aliphatic rings. The first-order valence-corrected chi connectivity index (χ1v) is 5.96. The van der Waals surface area contributed by atoms with Crippen LogP contribution in [-0.4, -0.2) is 6.54 Å². The van der Waals surface area contributed by atoms with Crippen LogP contribution in [0.25, 0.3) is 0 Å². The molecule has 0 radical (unpaired) electrons. The van der Waals surface area contributed by atoms with Crippen LogP contribution in [-0.2, 0) is 12.8 Å². The fourth-order valence-corrected chi connectivity index (χ4v) is 2.17. The largest absolute Gasteiger partial charge is 0.384 e. The predicted molar refractivity (Wildman–Crippen MR) is 66.3 cm³/mol. The summed E-state index contributed by atoms with van der Waals surface area (Å²) in [5, 5.41) is 12.4. The lowest BCUT2D eigenvalue weighted by atomic mass is 9.90. The highest BCUT2D eigenvalue weighted by Gasteiger charge is 2.15. The predicted octanol–water partition coefficient (Wildman–Crippen LogP) is 2.99. The highest BCUT2D eigenvalue weighted by molar-refractivity contribution is 5.56. The van der Waals surface area contributed by atoms with Gasteiger partial charge in [0.1, 0.15) is 0 Å². The lowest BCUT2D eigenvalue weighted by Gasteiger charge is -2.13. The van der Waals surface area contributed by atoms with Gasteiger partial charge < -0.3 is 5.32 Å². The molecule has 0 spiro atoms. The number of benzene rings is 1. The van der Waals surface area contributed by atoms with E-state index in [0.717, 1.165) is 19.4 Å². The summed E-state index contributed by atoms with van der Waals surface area (Å²) in [5.74, 6) is 0.559. The quantitative estimate of drug-likeness (QED) is 0.839. The Morgan fingerprint density at radius 3 is 2.94 bits per heavy atom. The van der Waals surface area contributed by atoms with Crippen LogP contribution in [0.3, 0.4) is 0 Å². The molecule has 1 aromatic carbocycles. The molecule has 0 fully saturated rings. The van der Waals surface area contributed by atoms with Gasteiger partial charge in [0.25, 0.3) is 0 Å². The van der Waals surface area contributed by atoms with Crippen LogP contribution < -0.4 is 5.32 Å². The van der Waals surface area contributed by atoms with Crippen molar-refractivity contribution in [1.29, 1.82) is 5.26 Å². The van der Waals surface area contributed by atoms with Crippen LogP contribution in [0, 0.1) is 23.2 Å². The molecule has 0 saturated heterocycles. The zero-order valence-corrected chi connectivity index (χ0v) is 9.96. The van der Waals surface area contributed by atoms with Gasteiger partial charge in [-0.1, -0.05) is 26.0 Å². The molecule has 84 valence electrons. The minimum absolute atomic E-state index is 0.132. The average Bonchev–Trinajstić information content (AvgIpc) is 2.72. The van der Waals surface area contributed by atoms with Gasteiger partial charge in [0.15, 0.2) is 0 Å². The third-order valence-electron chi connectivity index (χ3n) is 3.31. The molecule has 0 aliphatic carbocycles. The van der Waals surface area contributed by atoms with Gasteiger partial charge in [-0.2, -0.15) is 5.26 Å². The second kappa shape index (κ2) is 4.57. The van der Waals surface area contributed by atoms with E-state index >= 15 is 0 Å². The van der Waals surface area contributed by atoms with Crippen LogP contribution >= 0.6 is 0 Å². The minimum atomic E-state index is 0.132. The van der Waals surface area contributed by atoms with E-state index in [-0.39, 0.29) is 5.92 Å². The summed E-state index contributed by atoms with van der Waals surface area (Å²) >= 11 is 0. The maximum absolute atomic E-state index is 9.09. The van der Waals surface area contributed by atoms with Crippen molar-refractivity contribution in [2.75, 3.05) is 11.9 Å². The first kappa shape index (κ1) is 11.0. The Hall–Kier alpha value is -1.49. The van der Waals surface area contributed by atoms with Gasteiger partial charge in [-0.25, -0.2) is 0 Å². The van der Waals surface area contributed by atoms with Crippen molar-refractivity contribution in [3.05, 3.63) is 29.3 Å². The molecule has 0 amide bonds. The third-order valence-corrected chi connectivity index (χ3v) is 3.31. The number of rotatable bonds is 3. The summed E-state index contributed by atoms with van der Waals surface area (Å²) in [6.45, 7) is 5.27. The fourth-order valence-electron chi connectivity index (χ4n) is 2.17. The molecule has 1 atom stereocenters. The second-order valence-corrected chi connectivity index (χ2v) is 4.85. The lowest BCUT2D eigenvalue weighted by molar-refractivity contribution is 0.474. The first-order chi connectivity index (χ1) is 7.70. The Morgan fingerprint density at radius 2 is 2.25 bits per heavy atom. The van der Waals surface area contributed by atoms with E-state index in [2.05, 4.69) is 43.4 Å². The van der Waals surface area contributed by atoms with Crippen LogP contribution in [0.5, 0.6) is 0 Å². The van der Waals surface area contributed by atoms with E-state index < -0.39 is 0 Å². The molecule has 1 unspecified atom stereocenters. The third kappa shape index (κ3) is 2.19. The molecular formula is C14H18N2. The molecule has 16 heavy (non-hydrogen) atoms. The summed E-state index contributed by atoms with van der Waals surface area (Å²) in [6, 6.07) is 8.94. The van der Waals surface area contributed by atoms with Gasteiger partial charge in [-0.15, -0.1) is 0 Å². The molecular weight excluding hydrogens is 196 g/mol. The highest BCUT2D eigenvalue weighted by atomic mass is 14.9. The van der Waals surface area contributed by atoms with Crippen molar-refractivity contribution < 1.29 is 0 Å². The number of hydrogen-bond acceptors (Lipinski definition) is 2. The standard InChI is InChI=1S/C14H18N2/c1-10(2)13(9-15)8-11-3-4-14-12(7-11)5-6-16-14/h3-4,7,10,13,16H,5-6,8H2,1-2H3. The van der Waals surface area contributed by atoms with Gasteiger partial charge >= 0.3 is 0 Å². The molecule has 1 aromatic rings. The van der Waals surface area contributed by atoms with Gasteiger partial charge in [0, 0.05) is 12.2 Å². The van der Waals surface area contributed by atoms with Crippen molar-refractivity contribution in [1.82, 2.24) is 0 Å². The van der Waals surface area contributed by atoms with Crippen LogP contribution in [0.2, 0.25) is 0 Å². The maximum atomic E-state index is 9.09. The maximum Gasteiger partial charge on any atom is 0.0661 e. The first-order valence-electron chi connectivity index (χ1n) is 5.96. The number of hydrogen-bond donors (Lipinski definition) is 1. The average molecular weight is 214 g/mol. The van der Waals surface area contributed by atoms with E-state index in [0.29, 0.717) is 5.92 Å². The molecule has 0 bridgehead atoms. The zero-order chi connectivity index (χ0) is 11.5. The molecule has 1 heterocycles. The monoisotopic (exact) mass is 214 g/mol. The summed E-state index contributed by atoms with van der Waals surface area (Å²) < 4.78 is 0. The van der Waals surface area contributed by atoms with E-state index in [1.54, 1.807) is 0 Å². The fraction of sp³-hybridized carbons (Fsp3) is 0.500. The Labute approximate surface area is 97.3 Å².